The molecule has 0 bridgehead atoms. The van der Waals surface area contributed by atoms with Gasteiger partial charge in [-0.2, -0.15) is 0 Å². The average molecular weight is 252 g/mol. The molecule has 17 heavy (non-hydrogen) atoms. The Kier molecular flexibility index (Phi) is 5.30. The van der Waals surface area contributed by atoms with Crippen LogP contribution in [0.15, 0.2) is 48.5 Å². The van der Waals surface area contributed by atoms with E-state index in [1.807, 2.05) is 0 Å². The molecule has 3 nitrogen and oxygen atoms in total. The Morgan fingerprint density at radius 2 is 2.18 bits per heavy atom. The Hall–Kier alpha value is -1.74. The fourth-order valence-electron chi connectivity index (χ4n) is 1.20. The van der Waals surface area contributed by atoms with Gasteiger partial charge < -0.3 is 10.1 Å². The molecule has 1 amide bonds. The van der Waals surface area contributed by atoms with Gasteiger partial charge in [-0.3, -0.25) is 4.79 Å². The lowest BCUT2D eigenvalue weighted by Gasteiger charge is -2.09. The minimum atomic E-state index is -0.244. The molecule has 90 valence electrons. The standard InChI is InChI=1S/C13H14ClNO2/c1-3-8-17-12-7-5-4-6-11(12)13(16)15-9-10(2)14/h3-7H,1-2,8-9H2,(H,15,16). The summed E-state index contributed by atoms with van der Waals surface area (Å²) in [7, 11) is 0. The van der Waals surface area contributed by atoms with E-state index in [0.717, 1.165) is 0 Å². The predicted octanol–water partition coefficient (Wildman–Crippen LogP) is 2.73. The van der Waals surface area contributed by atoms with Gasteiger partial charge in [0.15, 0.2) is 0 Å². The van der Waals surface area contributed by atoms with Gasteiger partial charge in [0.2, 0.25) is 0 Å². The van der Waals surface area contributed by atoms with Crippen LogP contribution >= 0.6 is 11.6 Å². The second kappa shape index (κ2) is 6.76. The lowest BCUT2D eigenvalue weighted by Crippen LogP contribution is -2.25. The van der Waals surface area contributed by atoms with E-state index in [-0.39, 0.29) is 12.5 Å². The first-order valence-electron chi connectivity index (χ1n) is 5.09. The van der Waals surface area contributed by atoms with E-state index in [2.05, 4.69) is 18.5 Å². The van der Waals surface area contributed by atoms with Crippen LogP contribution in [0, 0.1) is 0 Å². The van der Waals surface area contributed by atoms with Gasteiger partial charge in [-0.1, -0.05) is 43.0 Å². The molecule has 0 fully saturated rings. The Morgan fingerprint density at radius 3 is 2.82 bits per heavy atom. The molecule has 0 heterocycles. The lowest BCUT2D eigenvalue weighted by atomic mass is 10.2. The number of halogens is 1. The fourth-order valence-corrected chi connectivity index (χ4v) is 1.27. The van der Waals surface area contributed by atoms with Crippen LogP contribution in [0.25, 0.3) is 0 Å². The second-order valence-electron chi connectivity index (χ2n) is 3.30. The molecule has 0 unspecified atom stereocenters. The van der Waals surface area contributed by atoms with Crippen LogP contribution in [0.3, 0.4) is 0 Å². The van der Waals surface area contributed by atoms with Crippen LogP contribution < -0.4 is 10.1 Å². The van der Waals surface area contributed by atoms with Crippen molar-refractivity contribution in [1.29, 1.82) is 0 Å². The summed E-state index contributed by atoms with van der Waals surface area (Å²) in [6.45, 7) is 7.64. The van der Waals surface area contributed by atoms with E-state index in [1.54, 1.807) is 30.3 Å². The molecule has 0 atom stereocenters. The van der Waals surface area contributed by atoms with Crippen LogP contribution in [0.5, 0.6) is 5.75 Å². The summed E-state index contributed by atoms with van der Waals surface area (Å²) >= 11 is 5.58. The first-order chi connectivity index (χ1) is 8.15. The number of benzene rings is 1. The largest absolute Gasteiger partial charge is 0.489 e. The third-order valence-electron chi connectivity index (χ3n) is 1.93. The molecule has 0 aliphatic rings. The number of amides is 1. The quantitative estimate of drug-likeness (QED) is 0.790. The summed E-state index contributed by atoms with van der Waals surface area (Å²) in [4.78, 5) is 11.8. The lowest BCUT2D eigenvalue weighted by molar-refractivity contribution is 0.0954. The van der Waals surface area contributed by atoms with Crippen molar-refractivity contribution in [3.63, 3.8) is 0 Å². The van der Waals surface area contributed by atoms with Crippen LogP contribution in [-0.2, 0) is 0 Å². The summed E-state index contributed by atoms with van der Waals surface area (Å²) in [5.74, 6) is 0.275. The van der Waals surface area contributed by atoms with Gasteiger partial charge in [0.25, 0.3) is 5.91 Å². The maximum absolute atomic E-state index is 11.8. The molecule has 0 saturated heterocycles. The average Bonchev–Trinajstić information content (AvgIpc) is 2.33. The SMILES string of the molecule is C=CCOc1ccccc1C(=O)NCC(=C)Cl. The van der Waals surface area contributed by atoms with Crippen molar-refractivity contribution < 1.29 is 9.53 Å². The van der Waals surface area contributed by atoms with Gasteiger partial charge in [-0.25, -0.2) is 0 Å². The number of ether oxygens (including phenoxy) is 1. The highest BCUT2D eigenvalue weighted by molar-refractivity contribution is 6.29. The van der Waals surface area contributed by atoms with Gasteiger partial charge in [0.1, 0.15) is 12.4 Å². The third kappa shape index (κ3) is 4.33. The molecular formula is C13H14ClNO2. The zero-order valence-electron chi connectivity index (χ0n) is 9.41. The molecule has 0 aliphatic carbocycles. The second-order valence-corrected chi connectivity index (χ2v) is 3.83. The highest BCUT2D eigenvalue weighted by Crippen LogP contribution is 2.17. The van der Waals surface area contributed by atoms with E-state index in [9.17, 15) is 4.79 Å². The smallest absolute Gasteiger partial charge is 0.255 e. The first-order valence-corrected chi connectivity index (χ1v) is 5.47. The summed E-state index contributed by atoms with van der Waals surface area (Å²) in [6, 6.07) is 6.99. The minimum absolute atomic E-state index is 0.232. The zero-order valence-corrected chi connectivity index (χ0v) is 10.2. The van der Waals surface area contributed by atoms with Crippen LogP contribution in [0.4, 0.5) is 0 Å². The minimum Gasteiger partial charge on any atom is -0.489 e. The Balaban J connectivity index is 2.77. The summed E-state index contributed by atoms with van der Waals surface area (Å²) in [6.07, 6.45) is 1.62. The molecule has 4 heteroatoms. The van der Waals surface area contributed by atoms with Gasteiger partial charge >= 0.3 is 0 Å². The van der Waals surface area contributed by atoms with Crippen molar-refractivity contribution in [3.8, 4) is 5.75 Å². The molecule has 1 aromatic carbocycles. The monoisotopic (exact) mass is 251 g/mol. The summed E-state index contributed by atoms with van der Waals surface area (Å²) < 4.78 is 5.38. The van der Waals surface area contributed by atoms with Crippen molar-refractivity contribution in [1.82, 2.24) is 5.32 Å². The van der Waals surface area contributed by atoms with Gasteiger partial charge in [0.05, 0.1) is 12.1 Å². The summed E-state index contributed by atoms with van der Waals surface area (Å²) in [5, 5.41) is 3.02. The topological polar surface area (TPSA) is 38.3 Å². The molecule has 0 radical (unpaired) electrons. The molecule has 1 N–H and O–H groups in total. The van der Waals surface area contributed by atoms with Gasteiger partial charge in [-0.05, 0) is 12.1 Å². The van der Waals surface area contributed by atoms with E-state index in [4.69, 9.17) is 16.3 Å². The normalized spacial score (nSPS) is 9.47. The van der Waals surface area contributed by atoms with Crippen molar-refractivity contribution in [2.24, 2.45) is 0 Å². The van der Waals surface area contributed by atoms with Crippen molar-refractivity contribution in [3.05, 3.63) is 54.1 Å². The fraction of sp³-hybridized carbons (Fsp3) is 0.154. The van der Waals surface area contributed by atoms with Gasteiger partial charge in [0, 0.05) is 5.03 Å². The van der Waals surface area contributed by atoms with Crippen LogP contribution in [0.2, 0.25) is 0 Å². The molecule has 0 aliphatic heterocycles. The molecule has 0 spiro atoms. The number of para-hydroxylation sites is 1. The number of carbonyl (C=O) groups is 1. The summed E-state index contributed by atoms with van der Waals surface area (Å²) in [5.41, 5.74) is 0.465. The van der Waals surface area contributed by atoms with Crippen molar-refractivity contribution in [2.45, 2.75) is 0 Å². The van der Waals surface area contributed by atoms with Crippen molar-refractivity contribution >= 4 is 17.5 Å². The molecule has 0 aromatic heterocycles. The predicted molar refractivity (Wildman–Crippen MR) is 69.5 cm³/mol. The van der Waals surface area contributed by atoms with E-state index in [0.29, 0.717) is 23.0 Å². The van der Waals surface area contributed by atoms with Gasteiger partial charge in [-0.15, -0.1) is 0 Å². The molecule has 1 aromatic rings. The Bertz CT molecular complexity index is 429. The van der Waals surface area contributed by atoms with Crippen LogP contribution in [-0.4, -0.2) is 19.1 Å². The Morgan fingerprint density at radius 1 is 1.47 bits per heavy atom. The number of nitrogens with one attached hydrogen (secondary N) is 1. The first kappa shape index (κ1) is 13.3. The highest BCUT2D eigenvalue weighted by atomic mass is 35.5. The van der Waals surface area contributed by atoms with E-state index >= 15 is 0 Å². The molecule has 1 rings (SSSR count). The van der Waals surface area contributed by atoms with Crippen molar-refractivity contribution in [2.75, 3.05) is 13.2 Å². The maximum atomic E-state index is 11.8. The Labute approximate surface area is 106 Å². The van der Waals surface area contributed by atoms with E-state index in [1.165, 1.54) is 0 Å². The van der Waals surface area contributed by atoms with E-state index < -0.39 is 0 Å². The maximum Gasteiger partial charge on any atom is 0.255 e. The number of hydrogen-bond acceptors (Lipinski definition) is 2. The molecular weight excluding hydrogens is 238 g/mol. The highest BCUT2D eigenvalue weighted by Gasteiger charge is 2.11. The molecule has 0 saturated carbocycles. The van der Waals surface area contributed by atoms with Crippen LogP contribution in [0.1, 0.15) is 10.4 Å². The number of rotatable bonds is 6. The third-order valence-corrected chi connectivity index (χ3v) is 2.06. The number of hydrogen-bond donors (Lipinski definition) is 1. The zero-order chi connectivity index (χ0) is 12.7. The number of carbonyl (C=O) groups excluding carboxylic acids is 1.